The summed E-state index contributed by atoms with van der Waals surface area (Å²) in [5.41, 5.74) is 0.712. The quantitative estimate of drug-likeness (QED) is 0.879. The first kappa shape index (κ1) is 15.4. The number of thioether (sulfide) groups is 1. The van der Waals surface area contributed by atoms with Crippen LogP contribution in [0.4, 0.5) is 10.5 Å². The number of rotatable bonds is 5. The summed E-state index contributed by atoms with van der Waals surface area (Å²) >= 11 is 1.84. The molecular weight excluding hydrogens is 292 g/mol. The van der Waals surface area contributed by atoms with E-state index in [2.05, 4.69) is 16.9 Å². The molecule has 0 bridgehead atoms. The molecule has 0 saturated heterocycles. The Morgan fingerprint density at radius 2 is 2.00 bits per heavy atom. The van der Waals surface area contributed by atoms with Crippen molar-refractivity contribution in [1.29, 1.82) is 0 Å². The third kappa shape index (κ3) is 3.76. The van der Waals surface area contributed by atoms with Crippen LogP contribution in [0.1, 0.15) is 19.3 Å². The number of hydrogen-bond acceptors (Lipinski definition) is 3. The molecule has 1 saturated carbocycles. The van der Waals surface area contributed by atoms with Crippen LogP contribution in [0, 0.1) is 0 Å². The second-order valence-corrected chi connectivity index (χ2v) is 7.68. The number of amides is 2. The van der Waals surface area contributed by atoms with Crippen molar-refractivity contribution in [2.24, 2.45) is 0 Å². The molecule has 2 amide bonds. The summed E-state index contributed by atoms with van der Waals surface area (Å²) in [7, 11) is -0.991. The molecule has 4 nitrogen and oxygen atoms in total. The molecule has 1 aromatic rings. The Kier molecular flexibility index (Phi) is 5.10. The molecule has 0 spiro atoms. The van der Waals surface area contributed by atoms with E-state index in [-0.39, 0.29) is 10.8 Å². The van der Waals surface area contributed by atoms with Gasteiger partial charge in [0.25, 0.3) is 0 Å². The minimum Gasteiger partial charge on any atom is -0.336 e. The highest BCUT2D eigenvalue weighted by molar-refractivity contribution is 8.00. The van der Waals surface area contributed by atoms with E-state index < -0.39 is 10.8 Å². The van der Waals surface area contributed by atoms with Crippen LogP contribution in [-0.2, 0) is 10.8 Å². The lowest BCUT2D eigenvalue weighted by Gasteiger charge is -2.40. The summed E-state index contributed by atoms with van der Waals surface area (Å²) in [5, 5.41) is 5.73. The molecule has 1 fully saturated rings. The van der Waals surface area contributed by atoms with Gasteiger partial charge >= 0.3 is 6.03 Å². The summed E-state index contributed by atoms with van der Waals surface area (Å²) in [4.78, 5) is 12.6. The van der Waals surface area contributed by atoms with Gasteiger partial charge in [-0.05, 0) is 43.4 Å². The van der Waals surface area contributed by atoms with Crippen molar-refractivity contribution in [3.8, 4) is 0 Å². The smallest absolute Gasteiger partial charge is 0.319 e. The lowest BCUT2D eigenvalue weighted by atomic mass is 9.84. The van der Waals surface area contributed by atoms with Crippen LogP contribution in [0.15, 0.2) is 29.2 Å². The van der Waals surface area contributed by atoms with Crippen LogP contribution in [0.25, 0.3) is 0 Å². The fourth-order valence-electron chi connectivity index (χ4n) is 2.17. The molecule has 0 radical (unpaired) electrons. The Morgan fingerprint density at radius 3 is 2.45 bits per heavy atom. The zero-order valence-electron chi connectivity index (χ0n) is 11.8. The van der Waals surface area contributed by atoms with E-state index in [9.17, 15) is 9.00 Å². The number of benzene rings is 1. The van der Waals surface area contributed by atoms with Gasteiger partial charge in [-0.25, -0.2) is 4.79 Å². The van der Waals surface area contributed by atoms with Crippen molar-refractivity contribution < 1.29 is 9.00 Å². The molecule has 2 N–H and O–H groups in total. The Labute approximate surface area is 126 Å². The molecular formula is C14H20N2O2S2. The van der Waals surface area contributed by atoms with E-state index >= 15 is 0 Å². The Balaban J connectivity index is 1.83. The summed E-state index contributed by atoms with van der Waals surface area (Å²) in [6.07, 6.45) is 7.33. The maximum absolute atomic E-state index is 11.8. The van der Waals surface area contributed by atoms with Crippen LogP contribution in [-0.4, -0.2) is 34.0 Å². The lowest BCUT2D eigenvalue weighted by molar-refractivity contribution is 0.247. The Morgan fingerprint density at radius 1 is 1.35 bits per heavy atom. The standard InChI is InChI=1S/C14H20N2O2S2/c1-19-14(8-3-9-14)10-15-13(17)16-11-4-6-12(7-5-11)20(2)18/h4-7H,3,8-10H2,1-2H3,(H2,15,16,17)/t20-/m0/s1. The maximum atomic E-state index is 11.8. The maximum Gasteiger partial charge on any atom is 0.319 e. The number of hydrogen-bond donors (Lipinski definition) is 2. The molecule has 110 valence electrons. The summed E-state index contributed by atoms with van der Waals surface area (Å²) in [6.45, 7) is 0.705. The Hall–Kier alpha value is -1.01. The largest absolute Gasteiger partial charge is 0.336 e. The molecule has 1 aliphatic rings. The number of urea groups is 1. The van der Waals surface area contributed by atoms with Crippen molar-refractivity contribution in [3.63, 3.8) is 0 Å². The van der Waals surface area contributed by atoms with E-state index in [0.717, 1.165) is 4.90 Å². The average molecular weight is 312 g/mol. The van der Waals surface area contributed by atoms with Crippen molar-refractivity contribution >= 4 is 34.3 Å². The second-order valence-electron chi connectivity index (χ2n) is 5.03. The fraction of sp³-hybridized carbons (Fsp3) is 0.500. The normalized spacial score (nSPS) is 17.9. The topological polar surface area (TPSA) is 58.2 Å². The molecule has 0 heterocycles. The van der Waals surface area contributed by atoms with Crippen LogP contribution < -0.4 is 10.6 Å². The summed E-state index contributed by atoms with van der Waals surface area (Å²) < 4.78 is 11.5. The van der Waals surface area contributed by atoms with Gasteiger partial charge in [-0.2, -0.15) is 11.8 Å². The van der Waals surface area contributed by atoms with Crippen molar-refractivity contribution in [2.75, 3.05) is 24.4 Å². The van der Waals surface area contributed by atoms with Crippen molar-refractivity contribution in [3.05, 3.63) is 24.3 Å². The molecule has 0 aromatic heterocycles. The summed E-state index contributed by atoms with van der Waals surface area (Å²) in [5.74, 6) is 0. The minimum atomic E-state index is -0.991. The zero-order chi connectivity index (χ0) is 14.6. The van der Waals surface area contributed by atoms with Crippen LogP contribution in [0.3, 0.4) is 0 Å². The van der Waals surface area contributed by atoms with Gasteiger partial charge < -0.3 is 10.6 Å². The lowest BCUT2D eigenvalue weighted by Crippen LogP contribution is -2.46. The van der Waals surface area contributed by atoms with Gasteiger partial charge in [-0.1, -0.05) is 6.42 Å². The van der Waals surface area contributed by atoms with Gasteiger partial charge in [-0.15, -0.1) is 0 Å². The molecule has 1 aromatic carbocycles. The first-order valence-electron chi connectivity index (χ1n) is 6.58. The number of anilines is 1. The number of nitrogens with one attached hydrogen (secondary N) is 2. The highest BCUT2D eigenvalue weighted by Gasteiger charge is 2.36. The highest BCUT2D eigenvalue weighted by atomic mass is 32.2. The first-order chi connectivity index (χ1) is 9.54. The van der Waals surface area contributed by atoms with E-state index in [1.807, 2.05) is 11.8 Å². The van der Waals surface area contributed by atoms with Gasteiger partial charge in [0.15, 0.2) is 0 Å². The SMILES string of the molecule is CSC1(CNC(=O)Nc2ccc([S@](C)=O)cc2)CCC1. The van der Waals surface area contributed by atoms with E-state index in [4.69, 9.17) is 0 Å². The predicted molar refractivity (Wildman–Crippen MR) is 85.9 cm³/mol. The average Bonchev–Trinajstić information content (AvgIpc) is 2.38. The molecule has 20 heavy (non-hydrogen) atoms. The van der Waals surface area contributed by atoms with Gasteiger partial charge in [0.1, 0.15) is 0 Å². The minimum absolute atomic E-state index is 0.185. The van der Waals surface area contributed by atoms with E-state index in [1.54, 1.807) is 30.5 Å². The molecule has 2 rings (SSSR count). The van der Waals surface area contributed by atoms with Crippen LogP contribution in [0.2, 0.25) is 0 Å². The molecule has 0 aliphatic heterocycles. The van der Waals surface area contributed by atoms with Gasteiger partial charge in [0.05, 0.1) is 0 Å². The van der Waals surface area contributed by atoms with Gasteiger partial charge in [0, 0.05) is 38.9 Å². The molecule has 1 atom stereocenters. The predicted octanol–water partition coefficient (Wildman–Crippen LogP) is 2.83. The summed E-state index contributed by atoms with van der Waals surface area (Å²) in [6, 6.07) is 6.88. The molecule has 1 aliphatic carbocycles. The van der Waals surface area contributed by atoms with Gasteiger partial charge in [0.2, 0.25) is 0 Å². The van der Waals surface area contributed by atoms with E-state index in [1.165, 1.54) is 19.3 Å². The Bertz CT molecular complexity index is 493. The van der Waals surface area contributed by atoms with Gasteiger partial charge in [-0.3, -0.25) is 4.21 Å². The monoisotopic (exact) mass is 312 g/mol. The number of carbonyl (C=O) groups excluding carboxylic acids is 1. The second kappa shape index (κ2) is 6.63. The highest BCUT2D eigenvalue weighted by Crippen LogP contribution is 2.42. The van der Waals surface area contributed by atoms with Crippen molar-refractivity contribution in [2.45, 2.75) is 28.9 Å². The molecule has 6 heteroatoms. The van der Waals surface area contributed by atoms with Crippen molar-refractivity contribution in [1.82, 2.24) is 5.32 Å². The van der Waals surface area contributed by atoms with Crippen LogP contribution in [0.5, 0.6) is 0 Å². The third-order valence-corrected chi connectivity index (χ3v) is 6.07. The first-order valence-corrected chi connectivity index (χ1v) is 9.36. The van der Waals surface area contributed by atoms with Crippen LogP contribution >= 0.6 is 11.8 Å². The third-order valence-electron chi connectivity index (χ3n) is 3.71. The molecule has 0 unspecified atom stereocenters. The van der Waals surface area contributed by atoms with E-state index in [0.29, 0.717) is 12.2 Å². The number of carbonyl (C=O) groups is 1. The fourth-order valence-corrected chi connectivity index (χ4v) is 3.60. The zero-order valence-corrected chi connectivity index (χ0v) is 13.4.